The number of rotatable bonds is 7. The first-order chi connectivity index (χ1) is 26.3. The van der Waals surface area contributed by atoms with Crippen molar-refractivity contribution in [1.82, 2.24) is 25.6 Å². The zero-order valence-corrected chi connectivity index (χ0v) is 32.8. The molecule has 3 N–H and O–H groups in total. The molecule has 2 aliphatic rings. The first-order valence-corrected chi connectivity index (χ1v) is 19.1. The molecule has 2 aliphatic carbocycles. The summed E-state index contributed by atoms with van der Waals surface area (Å²) in [6, 6.07) is 25.1. The molecule has 10 nitrogen and oxygen atoms in total. The molecule has 0 saturated carbocycles. The maximum atomic E-state index is 12.2. The Kier molecular flexibility index (Phi) is 10.7. The van der Waals surface area contributed by atoms with Gasteiger partial charge in [-0.25, -0.2) is 4.79 Å². The van der Waals surface area contributed by atoms with Gasteiger partial charge in [0.2, 0.25) is 23.4 Å². The van der Waals surface area contributed by atoms with Gasteiger partial charge in [0.05, 0.1) is 18.9 Å². The molecule has 0 fully saturated rings. The first-order valence-electron chi connectivity index (χ1n) is 19.1. The molecular weight excluding hydrogens is 689 g/mol. The molecule has 0 bridgehead atoms. The van der Waals surface area contributed by atoms with Gasteiger partial charge < -0.3 is 24.8 Å². The molecule has 4 aromatic carbocycles. The summed E-state index contributed by atoms with van der Waals surface area (Å²) < 4.78 is 16.5. The van der Waals surface area contributed by atoms with Crippen LogP contribution in [0, 0.1) is 27.7 Å². The second kappa shape index (κ2) is 15.6. The number of nitrogens with zero attached hydrogens (tertiary/aromatic N) is 4. The molecule has 8 rings (SSSR count). The van der Waals surface area contributed by atoms with Crippen molar-refractivity contribution < 1.29 is 18.6 Å². The Bertz CT molecular complexity index is 2330. The van der Waals surface area contributed by atoms with Crippen LogP contribution in [-0.2, 0) is 30.4 Å². The maximum Gasteiger partial charge on any atom is 0.408 e. The highest BCUT2D eigenvalue weighted by Gasteiger charge is 2.29. The van der Waals surface area contributed by atoms with Gasteiger partial charge in [0.1, 0.15) is 5.60 Å². The van der Waals surface area contributed by atoms with Crippen LogP contribution in [0.3, 0.4) is 0 Å². The molecule has 2 heterocycles. The predicted molar refractivity (Wildman–Crippen MR) is 213 cm³/mol. The quantitative estimate of drug-likeness (QED) is 0.164. The number of carbonyl (C=O) groups is 1. The molecule has 10 heteroatoms. The summed E-state index contributed by atoms with van der Waals surface area (Å²) in [4.78, 5) is 21.5. The van der Waals surface area contributed by atoms with Crippen LogP contribution in [0.4, 0.5) is 4.79 Å². The van der Waals surface area contributed by atoms with Gasteiger partial charge in [0.15, 0.2) is 0 Å². The van der Waals surface area contributed by atoms with E-state index >= 15 is 0 Å². The van der Waals surface area contributed by atoms with E-state index in [1.54, 1.807) is 0 Å². The number of amides is 1. The lowest BCUT2D eigenvalue weighted by molar-refractivity contribution is 0.0503. The van der Waals surface area contributed by atoms with Gasteiger partial charge in [-0.05, 0) is 130 Å². The molecule has 55 heavy (non-hydrogen) atoms. The Labute approximate surface area is 322 Å². The van der Waals surface area contributed by atoms with Crippen molar-refractivity contribution in [2.24, 2.45) is 5.73 Å². The van der Waals surface area contributed by atoms with Crippen LogP contribution in [-0.4, -0.2) is 32.0 Å². The van der Waals surface area contributed by atoms with Crippen LogP contribution in [0.15, 0.2) is 81.8 Å². The van der Waals surface area contributed by atoms with E-state index in [9.17, 15) is 4.79 Å². The van der Waals surface area contributed by atoms with E-state index in [-0.39, 0.29) is 12.1 Å². The van der Waals surface area contributed by atoms with E-state index < -0.39 is 11.7 Å². The molecule has 2 aromatic heterocycles. The Balaban J connectivity index is 0.000000174. The fraction of sp³-hybridized carbons (Fsp3) is 0.356. The van der Waals surface area contributed by atoms with Crippen molar-refractivity contribution >= 4 is 6.09 Å². The zero-order chi connectivity index (χ0) is 38.9. The Hall–Kier alpha value is -5.61. The SMILES string of the molecule is Cc1ccc(Cc2nc(-c3cccc4c3CC[C@H]4N)no2)cc1C.Cc1ccc(Cc2nc(-c3cccc4c3CC[C@H]4NC(=O)OC(C)(C)C)no2)cc1C. The molecule has 6 aromatic rings. The van der Waals surface area contributed by atoms with Crippen LogP contribution in [0.5, 0.6) is 0 Å². The van der Waals surface area contributed by atoms with Gasteiger partial charge in [-0.15, -0.1) is 0 Å². The zero-order valence-electron chi connectivity index (χ0n) is 32.8. The third-order valence-electron chi connectivity index (χ3n) is 10.6. The predicted octanol–water partition coefficient (Wildman–Crippen LogP) is 9.35. The summed E-state index contributed by atoms with van der Waals surface area (Å²) in [6.45, 7) is 14.0. The number of nitrogens with one attached hydrogen (secondary N) is 1. The second-order valence-corrected chi connectivity index (χ2v) is 15.8. The number of nitrogens with two attached hydrogens (primary N) is 1. The standard InChI is InChI=1S/C25H29N3O3.C20H21N3O/c1-15-9-10-17(13-16(15)2)14-22-27-23(28-31-22)20-8-6-7-19-18(20)11-12-21(19)26-24(29)30-25(3,4)5;1-12-6-7-14(10-13(12)2)11-19-22-20(23-24-19)17-5-3-4-16-15(17)8-9-18(16)21/h6-10,13,21H,11-12,14H2,1-5H3,(H,26,29);3-7,10,18H,8-9,11,21H2,1-2H3/t21-;18-/m11/s1. The highest BCUT2D eigenvalue weighted by atomic mass is 16.6. The lowest BCUT2D eigenvalue weighted by Crippen LogP contribution is -2.34. The highest BCUT2D eigenvalue weighted by Crippen LogP contribution is 2.38. The number of aromatic nitrogens is 4. The molecule has 0 unspecified atom stereocenters. The number of fused-ring (bicyclic) bond motifs is 2. The minimum absolute atomic E-state index is 0.0771. The number of carbonyl (C=O) groups excluding carboxylic acids is 1. The van der Waals surface area contributed by atoms with Gasteiger partial charge in [-0.3, -0.25) is 0 Å². The summed E-state index contributed by atoms with van der Waals surface area (Å²) in [5.74, 6) is 2.50. The van der Waals surface area contributed by atoms with E-state index in [1.807, 2.05) is 45.0 Å². The fourth-order valence-electron chi connectivity index (χ4n) is 7.41. The van der Waals surface area contributed by atoms with Gasteiger partial charge in [-0.1, -0.05) is 83.1 Å². The van der Waals surface area contributed by atoms with Crippen molar-refractivity contribution in [3.63, 3.8) is 0 Å². The normalized spacial score (nSPS) is 15.9. The number of aryl methyl sites for hydroxylation is 4. The summed E-state index contributed by atoms with van der Waals surface area (Å²) in [5, 5.41) is 11.4. The summed E-state index contributed by atoms with van der Waals surface area (Å²) in [5.41, 5.74) is 19.8. The topological polar surface area (TPSA) is 142 Å². The Morgan fingerprint density at radius 3 is 1.76 bits per heavy atom. The summed E-state index contributed by atoms with van der Waals surface area (Å²) in [7, 11) is 0. The minimum Gasteiger partial charge on any atom is -0.444 e. The van der Waals surface area contributed by atoms with Crippen LogP contribution < -0.4 is 11.1 Å². The number of hydrogen-bond donors (Lipinski definition) is 2. The molecule has 0 radical (unpaired) electrons. The number of hydrogen-bond acceptors (Lipinski definition) is 9. The van der Waals surface area contributed by atoms with Crippen LogP contribution in [0.25, 0.3) is 22.8 Å². The first kappa shape index (κ1) is 37.7. The lowest BCUT2D eigenvalue weighted by Gasteiger charge is -2.22. The van der Waals surface area contributed by atoms with Crippen LogP contribution >= 0.6 is 0 Å². The number of benzene rings is 4. The molecule has 0 saturated heterocycles. The molecule has 0 spiro atoms. The van der Waals surface area contributed by atoms with E-state index in [4.69, 9.17) is 19.5 Å². The van der Waals surface area contributed by atoms with E-state index in [0.29, 0.717) is 36.3 Å². The average Bonchev–Trinajstić information content (AvgIpc) is 3.96. The molecular formula is C45H50N6O4. The van der Waals surface area contributed by atoms with E-state index in [2.05, 4.69) is 102 Å². The third-order valence-corrected chi connectivity index (χ3v) is 10.6. The van der Waals surface area contributed by atoms with Crippen molar-refractivity contribution in [3.05, 3.63) is 140 Å². The fourth-order valence-corrected chi connectivity index (χ4v) is 7.41. The summed E-state index contributed by atoms with van der Waals surface area (Å²) >= 11 is 0. The van der Waals surface area contributed by atoms with Gasteiger partial charge in [0.25, 0.3) is 0 Å². The van der Waals surface area contributed by atoms with Gasteiger partial charge in [0, 0.05) is 17.2 Å². The molecule has 1 amide bonds. The lowest BCUT2D eigenvalue weighted by atomic mass is 10.0. The third kappa shape index (κ3) is 8.70. The van der Waals surface area contributed by atoms with Crippen molar-refractivity contribution in [2.45, 2.75) is 105 Å². The molecule has 284 valence electrons. The number of ether oxygens (including phenoxy) is 1. The summed E-state index contributed by atoms with van der Waals surface area (Å²) in [6.07, 6.45) is 4.49. The van der Waals surface area contributed by atoms with Gasteiger partial charge in [-0.2, -0.15) is 9.97 Å². The molecule has 2 atom stereocenters. The second-order valence-electron chi connectivity index (χ2n) is 15.8. The highest BCUT2D eigenvalue weighted by molar-refractivity contribution is 5.70. The van der Waals surface area contributed by atoms with E-state index in [1.165, 1.54) is 38.9 Å². The Morgan fingerprint density at radius 1 is 0.727 bits per heavy atom. The maximum absolute atomic E-state index is 12.2. The number of alkyl carbamates (subject to hydrolysis) is 1. The van der Waals surface area contributed by atoms with Crippen LogP contribution in [0.2, 0.25) is 0 Å². The van der Waals surface area contributed by atoms with Crippen molar-refractivity contribution in [3.8, 4) is 22.8 Å². The van der Waals surface area contributed by atoms with Gasteiger partial charge >= 0.3 is 6.09 Å². The average molecular weight is 739 g/mol. The Morgan fingerprint density at radius 2 is 1.24 bits per heavy atom. The van der Waals surface area contributed by atoms with Crippen LogP contribution in [0.1, 0.15) is 113 Å². The smallest absolute Gasteiger partial charge is 0.408 e. The van der Waals surface area contributed by atoms with Crippen molar-refractivity contribution in [1.29, 1.82) is 0 Å². The van der Waals surface area contributed by atoms with Crippen molar-refractivity contribution in [2.75, 3.05) is 0 Å². The molecule has 0 aliphatic heterocycles. The minimum atomic E-state index is -0.523. The monoisotopic (exact) mass is 738 g/mol. The van der Waals surface area contributed by atoms with E-state index in [0.717, 1.165) is 53.5 Å². The largest absolute Gasteiger partial charge is 0.444 e.